The van der Waals surface area contributed by atoms with Crippen LogP contribution in [0.25, 0.3) is 0 Å². The van der Waals surface area contributed by atoms with Crippen molar-refractivity contribution in [2.45, 2.75) is 6.54 Å². The third kappa shape index (κ3) is 5.88. The van der Waals surface area contributed by atoms with Gasteiger partial charge in [-0.1, -0.05) is 6.07 Å². The second kappa shape index (κ2) is 11.7. The first-order valence-electron chi connectivity index (χ1n) is 8.86. The Bertz CT molecular complexity index is 760. The van der Waals surface area contributed by atoms with Crippen molar-refractivity contribution in [2.75, 3.05) is 47.5 Å². The summed E-state index contributed by atoms with van der Waals surface area (Å²) in [6.45, 7) is 3.85. The topological polar surface area (TPSA) is 64.1 Å². The number of pyridine rings is 1. The average molecular weight is 444 g/mol. The maximum atomic E-state index is 12.9. The number of carbonyl (C=O) groups is 1. The molecule has 7 nitrogen and oxygen atoms in total. The van der Waals surface area contributed by atoms with Gasteiger partial charge in [-0.2, -0.15) is 0 Å². The molecular formula is C20H27Cl2N3O4. The maximum Gasteiger partial charge on any atom is 0.254 e. The monoisotopic (exact) mass is 443 g/mol. The normalized spacial score (nSPS) is 13.7. The van der Waals surface area contributed by atoms with E-state index in [9.17, 15) is 4.79 Å². The molecule has 160 valence electrons. The van der Waals surface area contributed by atoms with Crippen LogP contribution in [0.1, 0.15) is 15.9 Å². The molecule has 1 saturated heterocycles. The highest BCUT2D eigenvalue weighted by molar-refractivity contribution is 5.95. The van der Waals surface area contributed by atoms with Crippen molar-refractivity contribution in [3.8, 4) is 17.2 Å². The summed E-state index contributed by atoms with van der Waals surface area (Å²) in [6.07, 6.45) is 3.66. The van der Waals surface area contributed by atoms with Crippen molar-refractivity contribution >= 4 is 30.7 Å². The van der Waals surface area contributed by atoms with Gasteiger partial charge in [0.05, 0.1) is 21.3 Å². The van der Waals surface area contributed by atoms with Crippen molar-refractivity contribution < 1.29 is 19.0 Å². The number of halogens is 2. The van der Waals surface area contributed by atoms with Gasteiger partial charge < -0.3 is 19.1 Å². The highest BCUT2D eigenvalue weighted by Crippen LogP contribution is 2.38. The highest BCUT2D eigenvalue weighted by Gasteiger charge is 2.24. The van der Waals surface area contributed by atoms with Crippen LogP contribution in [0.15, 0.2) is 36.7 Å². The van der Waals surface area contributed by atoms with Gasteiger partial charge in [-0.25, -0.2) is 0 Å². The molecular weight excluding hydrogens is 417 g/mol. The van der Waals surface area contributed by atoms with Crippen molar-refractivity contribution in [2.24, 2.45) is 0 Å². The molecule has 3 rings (SSSR count). The molecule has 0 spiro atoms. The summed E-state index contributed by atoms with van der Waals surface area (Å²) in [5, 5.41) is 0. The molecule has 0 N–H and O–H groups in total. The Kier molecular flexibility index (Phi) is 10.0. The zero-order valence-electron chi connectivity index (χ0n) is 16.8. The molecule has 0 saturated carbocycles. The summed E-state index contributed by atoms with van der Waals surface area (Å²) < 4.78 is 16.0. The number of carbonyl (C=O) groups excluding carboxylic acids is 1. The summed E-state index contributed by atoms with van der Waals surface area (Å²) in [5.41, 5.74) is 1.71. The second-order valence-corrected chi connectivity index (χ2v) is 6.34. The smallest absolute Gasteiger partial charge is 0.254 e. The van der Waals surface area contributed by atoms with Crippen LogP contribution in [0.2, 0.25) is 0 Å². The van der Waals surface area contributed by atoms with Crippen LogP contribution in [-0.4, -0.2) is 68.2 Å². The van der Waals surface area contributed by atoms with Gasteiger partial charge in [0.1, 0.15) is 0 Å². The molecule has 29 heavy (non-hydrogen) atoms. The number of piperazine rings is 1. The van der Waals surface area contributed by atoms with Crippen LogP contribution in [0, 0.1) is 0 Å². The molecule has 0 bridgehead atoms. The van der Waals surface area contributed by atoms with Gasteiger partial charge in [-0.15, -0.1) is 24.8 Å². The van der Waals surface area contributed by atoms with E-state index in [1.54, 1.807) is 39.7 Å². The first kappa shape index (κ1) is 24.8. The van der Waals surface area contributed by atoms with Crippen LogP contribution in [0.3, 0.4) is 0 Å². The molecule has 1 aromatic carbocycles. The lowest BCUT2D eigenvalue weighted by atomic mass is 10.1. The number of hydrogen-bond acceptors (Lipinski definition) is 6. The van der Waals surface area contributed by atoms with Crippen molar-refractivity contribution in [3.63, 3.8) is 0 Å². The number of benzene rings is 1. The molecule has 9 heteroatoms. The zero-order chi connectivity index (χ0) is 19.2. The van der Waals surface area contributed by atoms with Crippen molar-refractivity contribution in [3.05, 3.63) is 47.8 Å². The fourth-order valence-electron chi connectivity index (χ4n) is 3.25. The van der Waals surface area contributed by atoms with E-state index in [4.69, 9.17) is 14.2 Å². The van der Waals surface area contributed by atoms with Crippen LogP contribution in [-0.2, 0) is 6.54 Å². The second-order valence-electron chi connectivity index (χ2n) is 6.34. The first-order valence-corrected chi connectivity index (χ1v) is 8.86. The molecule has 0 aliphatic carbocycles. The SMILES string of the molecule is COc1cc(C(=O)N2CCN(Cc3cccnc3)CC2)cc(OC)c1OC.Cl.Cl. The summed E-state index contributed by atoms with van der Waals surface area (Å²) in [4.78, 5) is 21.3. The maximum absolute atomic E-state index is 12.9. The Morgan fingerprint density at radius 3 is 2.10 bits per heavy atom. The number of ether oxygens (including phenoxy) is 3. The minimum Gasteiger partial charge on any atom is -0.493 e. The van der Waals surface area contributed by atoms with Crippen molar-refractivity contribution in [1.82, 2.24) is 14.8 Å². The van der Waals surface area contributed by atoms with Gasteiger partial charge in [0.2, 0.25) is 5.75 Å². The van der Waals surface area contributed by atoms with E-state index in [1.165, 1.54) is 5.56 Å². The summed E-state index contributed by atoms with van der Waals surface area (Å²) >= 11 is 0. The van der Waals surface area contributed by atoms with E-state index in [0.29, 0.717) is 35.9 Å². The number of rotatable bonds is 6. The van der Waals surface area contributed by atoms with Gasteiger partial charge in [-0.3, -0.25) is 14.7 Å². The van der Waals surface area contributed by atoms with Crippen LogP contribution in [0.4, 0.5) is 0 Å². The first-order chi connectivity index (χ1) is 13.2. The molecule has 0 radical (unpaired) electrons. The molecule has 0 unspecified atom stereocenters. The van der Waals surface area contributed by atoms with E-state index >= 15 is 0 Å². The minimum absolute atomic E-state index is 0. The third-order valence-electron chi connectivity index (χ3n) is 4.70. The fraction of sp³-hybridized carbons (Fsp3) is 0.400. The summed E-state index contributed by atoms with van der Waals surface area (Å²) in [5.74, 6) is 1.42. The largest absolute Gasteiger partial charge is 0.493 e. The van der Waals surface area contributed by atoms with E-state index in [2.05, 4.69) is 16.0 Å². The Balaban J connectivity index is 0.00000210. The number of hydrogen-bond donors (Lipinski definition) is 0. The fourth-order valence-corrected chi connectivity index (χ4v) is 3.25. The van der Waals surface area contributed by atoms with E-state index in [0.717, 1.165) is 19.6 Å². The molecule has 1 aromatic heterocycles. The van der Waals surface area contributed by atoms with Gasteiger partial charge in [0.25, 0.3) is 5.91 Å². The molecule has 0 atom stereocenters. The Labute approximate surface area is 183 Å². The molecule has 1 fully saturated rings. The Hall–Kier alpha value is -2.22. The lowest BCUT2D eigenvalue weighted by Gasteiger charge is -2.34. The predicted molar refractivity (Wildman–Crippen MR) is 116 cm³/mol. The van der Waals surface area contributed by atoms with Crippen LogP contribution < -0.4 is 14.2 Å². The standard InChI is InChI=1S/C20H25N3O4.2ClH/c1-25-17-11-16(12-18(26-2)19(17)27-3)20(24)23-9-7-22(8-10-23)14-15-5-4-6-21-13-15;;/h4-6,11-13H,7-10,14H2,1-3H3;2*1H. The zero-order valence-corrected chi connectivity index (χ0v) is 18.4. The lowest BCUT2D eigenvalue weighted by Crippen LogP contribution is -2.48. The Morgan fingerprint density at radius 2 is 1.62 bits per heavy atom. The average Bonchev–Trinajstić information content (AvgIpc) is 2.73. The third-order valence-corrected chi connectivity index (χ3v) is 4.70. The summed E-state index contributed by atoms with van der Waals surface area (Å²) in [6, 6.07) is 7.41. The van der Waals surface area contributed by atoms with Gasteiger partial charge in [-0.05, 0) is 23.8 Å². The quantitative estimate of drug-likeness (QED) is 0.683. The van der Waals surface area contributed by atoms with Crippen LogP contribution >= 0.6 is 24.8 Å². The van der Waals surface area contributed by atoms with Gasteiger partial charge in [0.15, 0.2) is 11.5 Å². The highest BCUT2D eigenvalue weighted by atomic mass is 35.5. The number of aromatic nitrogens is 1. The summed E-state index contributed by atoms with van der Waals surface area (Å²) in [7, 11) is 4.63. The minimum atomic E-state index is -0.0321. The molecule has 1 aliphatic heterocycles. The van der Waals surface area contributed by atoms with E-state index < -0.39 is 0 Å². The number of nitrogens with zero attached hydrogens (tertiary/aromatic N) is 3. The molecule has 2 aromatic rings. The van der Waals surface area contributed by atoms with Crippen molar-refractivity contribution in [1.29, 1.82) is 0 Å². The number of amides is 1. The molecule has 1 aliphatic rings. The van der Waals surface area contributed by atoms with Gasteiger partial charge in [0, 0.05) is 50.7 Å². The lowest BCUT2D eigenvalue weighted by molar-refractivity contribution is 0.0627. The van der Waals surface area contributed by atoms with Gasteiger partial charge >= 0.3 is 0 Å². The van der Waals surface area contributed by atoms with E-state index in [-0.39, 0.29) is 30.7 Å². The Morgan fingerprint density at radius 1 is 1.00 bits per heavy atom. The van der Waals surface area contributed by atoms with E-state index in [1.807, 2.05) is 17.2 Å². The van der Waals surface area contributed by atoms with Crippen LogP contribution in [0.5, 0.6) is 17.2 Å². The molecule has 2 heterocycles. The number of methoxy groups -OCH3 is 3. The molecule has 1 amide bonds. The predicted octanol–water partition coefficient (Wildman–Crippen LogP) is 2.91.